The van der Waals surface area contributed by atoms with Crippen molar-refractivity contribution in [1.82, 2.24) is 24.4 Å². The fourth-order valence-corrected chi connectivity index (χ4v) is 4.61. The average molecular weight is 402 g/mol. The van der Waals surface area contributed by atoms with Crippen LogP contribution in [0.25, 0.3) is 11.2 Å². The van der Waals surface area contributed by atoms with Gasteiger partial charge in [0.25, 0.3) is 5.91 Å². The SMILES string of the molecule is CN1C(=O)[C@]2(CC(C)(C)C)O[C@@H](n3cnc4c(N)ncnc43)[C@H]1[C@@H]2OC(C)(C)C. The van der Waals surface area contributed by atoms with Crippen LogP contribution in [0, 0.1) is 5.41 Å². The molecule has 0 aromatic carbocycles. The number of morpholine rings is 1. The first-order valence-corrected chi connectivity index (χ1v) is 9.90. The van der Waals surface area contributed by atoms with Crippen molar-refractivity contribution in [2.75, 3.05) is 12.8 Å². The number of amides is 1. The molecular formula is C20H30N6O3. The van der Waals surface area contributed by atoms with E-state index in [-0.39, 0.29) is 17.4 Å². The fraction of sp³-hybridized carbons (Fsp3) is 0.700. The Morgan fingerprint density at radius 2 is 1.90 bits per heavy atom. The van der Waals surface area contributed by atoms with Crippen molar-refractivity contribution in [3.63, 3.8) is 0 Å². The number of nitrogens with zero attached hydrogens (tertiary/aromatic N) is 5. The minimum atomic E-state index is -1.06. The second-order valence-electron chi connectivity index (χ2n) is 10.3. The van der Waals surface area contributed by atoms with Gasteiger partial charge in [-0.25, -0.2) is 15.0 Å². The van der Waals surface area contributed by atoms with Crippen LogP contribution in [0.4, 0.5) is 5.82 Å². The highest BCUT2D eigenvalue weighted by Crippen LogP contribution is 2.53. The zero-order valence-corrected chi connectivity index (χ0v) is 18.1. The first-order valence-electron chi connectivity index (χ1n) is 9.90. The number of anilines is 1. The summed E-state index contributed by atoms with van der Waals surface area (Å²) >= 11 is 0. The van der Waals surface area contributed by atoms with Crippen LogP contribution < -0.4 is 5.73 Å². The first-order chi connectivity index (χ1) is 13.3. The fourth-order valence-electron chi connectivity index (χ4n) is 4.61. The molecule has 2 aliphatic heterocycles. The average Bonchev–Trinajstić information content (AvgIpc) is 3.16. The number of nitrogens with two attached hydrogens (primary N) is 1. The smallest absolute Gasteiger partial charge is 0.258 e. The molecule has 0 radical (unpaired) electrons. The number of aromatic nitrogens is 4. The molecule has 2 saturated heterocycles. The van der Waals surface area contributed by atoms with Crippen molar-refractivity contribution in [2.24, 2.45) is 5.41 Å². The summed E-state index contributed by atoms with van der Waals surface area (Å²) in [7, 11) is 1.81. The molecule has 29 heavy (non-hydrogen) atoms. The summed E-state index contributed by atoms with van der Waals surface area (Å²) in [6.45, 7) is 12.3. The molecule has 0 unspecified atom stereocenters. The Labute approximate surface area is 170 Å². The number of hydrogen-bond acceptors (Lipinski definition) is 7. The summed E-state index contributed by atoms with van der Waals surface area (Å²) in [6.07, 6.45) is 2.71. The van der Waals surface area contributed by atoms with Crippen LogP contribution in [-0.4, -0.2) is 60.7 Å². The van der Waals surface area contributed by atoms with Gasteiger partial charge in [-0.15, -0.1) is 0 Å². The van der Waals surface area contributed by atoms with Crippen LogP contribution in [0.2, 0.25) is 0 Å². The van der Waals surface area contributed by atoms with Gasteiger partial charge >= 0.3 is 0 Å². The normalized spacial score (nSPS) is 30.0. The molecule has 4 atom stereocenters. The van der Waals surface area contributed by atoms with E-state index >= 15 is 0 Å². The zero-order chi connectivity index (χ0) is 21.4. The quantitative estimate of drug-likeness (QED) is 0.838. The number of carbonyl (C=O) groups excluding carboxylic acids is 1. The summed E-state index contributed by atoms with van der Waals surface area (Å²) < 4.78 is 14.9. The number of fused-ring (bicyclic) bond motifs is 3. The van der Waals surface area contributed by atoms with Gasteiger partial charge in [0.1, 0.15) is 24.0 Å². The van der Waals surface area contributed by atoms with Crippen LogP contribution in [-0.2, 0) is 14.3 Å². The Morgan fingerprint density at radius 1 is 1.21 bits per heavy atom. The zero-order valence-electron chi connectivity index (χ0n) is 18.1. The van der Waals surface area contributed by atoms with E-state index in [2.05, 4.69) is 35.7 Å². The number of ether oxygens (including phenoxy) is 2. The highest BCUT2D eigenvalue weighted by atomic mass is 16.6. The molecule has 4 heterocycles. The molecule has 0 aliphatic carbocycles. The lowest BCUT2D eigenvalue weighted by Crippen LogP contribution is -2.52. The van der Waals surface area contributed by atoms with Crippen molar-refractivity contribution in [3.8, 4) is 0 Å². The van der Waals surface area contributed by atoms with Crippen molar-refractivity contribution < 1.29 is 14.3 Å². The minimum absolute atomic E-state index is 0.0403. The van der Waals surface area contributed by atoms with Crippen LogP contribution in [0.3, 0.4) is 0 Å². The van der Waals surface area contributed by atoms with E-state index < -0.39 is 23.5 Å². The molecule has 2 bridgehead atoms. The molecule has 2 aromatic rings. The first kappa shape index (κ1) is 20.0. The topological polar surface area (TPSA) is 108 Å². The predicted octanol–water partition coefficient (Wildman–Crippen LogP) is 2.14. The van der Waals surface area contributed by atoms with Gasteiger partial charge in [0.2, 0.25) is 0 Å². The van der Waals surface area contributed by atoms with Gasteiger partial charge in [-0.2, -0.15) is 0 Å². The molecule has 0 saturated carbocycles. The molecule has 9 nitrogen and oxygen atoms in total. The molecule has 2 aliphatic rings. The van der Waals surface area contributed by atoms with Crippen molar-refractivity contribution in [2.45, 2.75) is 77.5 Å². The monoisotopic (exact) mass is 402 g/mol. The summed E-state index contributed by atoms with van der Waals surface area (Å²) in [4.78, 5) is 27.8. The Kier molecular flexibility index (Phi) is 4.23. The van der Waals surface area contributed by atoms with Gasteiger partial charge in [0.05, 0.1) is 11.9 Å². The molecule has 2 N–H and O–H groups in total. The van der Waals surface area contributed by atoms with Crippen LogP contribution in [0.1, 0.15) is 54.2 Å². The highest BCUT2D eigenvalue weighted by Gasteiger charge is 2.70. The summed E-state index contributed by atoms with van der Waals surface area (Å²) in [5.74, 6) is 0.273. The Balaban J connectivity index is 1.84. The largest absolute Gasteiger partial charge is 0.382 e. The lowest BCUT2D eigenvalue weighted by Gasteiger charge is -2.38. The molecule has 2 aromatic heterocycles. The maximum Gasteiger partial charge on any atom is 0.258 e. The minimum Gasteiger partial charge on any atom is -0.382 e. The molecule has 158 valence electrons. The molecular weight excluding hydrogens is 372 g/mol. The van der Waals surface area contributed by atoms with Crippen LogP contribution >= 0.6 is 0 Å². The van der Waals surface area contributed by atoms with E-state index in [9.17, 15) is 4.79 Å². The van der Waals surface area contributed by atoms with Gasteiger partial charge in [0.15, 0.2) is 23.3 Å². The Hall–Kier alpha value is -2.26. The van der Waals surface area contributed by atoms with Gasteiger partial charge < -0.3 is 20.1 Å². The van der Waals surface area contributed by atoms with E-state index in [0.29, 0.717) is 23.4 Å². The molecule has 4 rings (SSSR count). The summed E-state index contributed by atoms with van der Waals surface area (Å²) in [5.41, 5.74) is 5.42. The standard InChI is InChI=1S/C20H30N6O3/c1-18(2,3)8-20-13(28-19(4,5)6)12(25(7)17(20)27)16(29-20)26-10-24-11-14(21)22-9-23-15(11)26/h9-10,12-13,16H,8H2,1-7H3,(H2,21,22,23)/t12-,13+,16-,20-/m1/s1. The molecule has 1 amide bonds. The van der Waals surface area contributed by atoms with Gasteiger partial charge in [-0.3, -0.25) is 9.36 Å². The number of imidazole rings is 1. The second-order valence-corrected chi connectivity index (χ2v) is 10.3. The Bertz CT molecular complexity index is 959. The highest BCUT2D eigenvalue weighted by molar-refractivity contribution is 5.90. The van der Waals surface area contributed by atoms with Crippen LogP contribution in [0.15, 0.2) is 12.7 Å². The van der Waals surface area contributed by atoms with E-state index in [1.54, 1.807) is 11.2 Å². The van der Waals surface area contributed by atoms with Crippen molar-refractivity contribution in [1.29, 1.82) is 0 Å². The third-order valence-electron chi connectivity index (χ3n) is 5.46. The lowest BCUT2D eigenvalue weighted by molar-refractivity contribution is -0.186. The van der Waals surface area contributed by atoms with Gasteiger partial charge in [0, 0.05) is 7.05 Å². The van der Waals surface area contributed by atoms with E-state index in [0.717, 1.165) is 0 Å². The van der Waals surface area contributed by atoms with Crippen LogP contribution in [0.5, 0.6) is 0 Å². The maximum absolute atomic E-state index is 13.3. The van der Waals surface area contributed by atoms with Gasteiger partial charge in [-0.1, -0.05) is 20.8 Å². The van der Waals surface area contributed by atoms with Gasteiger partial charge in [-0.05, 0) is 32.6 Å². The predicted molar refractivity (Wildman–Crippen MR) is 108 cm³/mol. The number of nitrogen functional groups attached to an aromatic ring is 1. The second kappa shape index (κ2) is 6.12. The number of likely N-dealkylation sites (tertiary alicyclic amines) is 1. The number of likely N-dealkylation sites (N-methyl/N-ethyl adjacent to an activating group) is 1. The Morgan fingerprint density at radius 3 is 2.52 bits per heavy atom. The van der Waals surface area contributed by atoms with E-state index in [1.165, 1.54) is 6.33 Å². The maximum atomic E-state index is 13.3. The lowest BCUT2D eigenvalue weighted by atomic mass is 9.79. The number of carbonyl (C=O) groups is 1. The summed E-state index contributed by atoms with van der Waals surface area (Å²) in [6, 6.07) is -0.308. The van der Waals surface area contributed by atoms with E-state index in [4.69, 9.17) is 15.2 Å². The third-order valence-corrected chi connectivity index (χ3v) is 5.46. The summed E-state index contributed by atoms with van der Waals surface area (Å²) in [5, 5.41) is 0. The molecule has 2 fully saturated rings. The number of hydrogen-bond donors (Lipinski definition) is 1. The van der Waals surface area contributed by atoms with E-state index in [1.807, 2.05) is 32.4 Å². The number of rotatable bonds is 3. The third kappa shape index (κ3) is 3.07. The molecule has 9 heteroatoms. The van der Waals surface area contributed by atoms with Crippen molar-refractivity contribution in [3.05, 3.63) is 12.7 Å². The van der Waals surface area contributed by atoms with Crippen molar-refractivity contribution >= 4 is 22.9 Å². The molecule has 0 spiro atoms.